The third kappa shape index (κ3) is 3.22. The Hall–Kier alpha value is -1.13. The molecule has 4 nitrogen and oxygen atoms in total. The van der Waals surface area contributed by atoms with Gasteiger partial charge in [-0.3, -0.25) is 4.98 Å². The molecule has 0 saturated carbocycles. The van der Waals surface area contributed by atoms with Gasteiger partial charge in [-0.1, -0.05) is 13.8 Å². The summed E-state index contributed by atoms with van der Waals surface area (Å²) >= 11 is 0. The highest BCUT2D eigenvalue weighted by molar-refractivity contribution is 5.46. The lowest BCUT2D eigenvalue weighted by atomic mass is 9.90. The van der Waals surface area contributed by atoms with E-state index in [9.17, 15) is 0 Å². The predicted octanol–water partition coefficient (Wildman–Crippen LogP) is 2.51. The molecule has 2 aliphatic heterocycles. The summed E-state index contributed by atoms with van der Waals surface area (Å²) in [5.41, 5.74) is 2.41. The molecule has 0 aliphatic carbocycles. The number of anilines is 1. The maximum Gasteiger partial charge on any atom is 0.0983 e. The van der Waals surface area contributed by atoms with Crippen molar-refractivity contribution in [1.29, 1.82) is 0 Å². The monoisotopic (exact) mass is 289 g/mol. The van der Waals surface area contributed by atoms with Crippen molar-refractivity contribution in [2.75, 3.05) is 44.7 Å². The summed E-state index contributed by atoms with van der Waals surface area (Å²) in [6.45, 7) is 9.41. The normalized spacial score (nSPS) is 27.5. The van der Waals surface area contributed by atoms with Crippen LogP contribution in [0.15, 0.2) is 18.3 Å². The number of hydrogen-bond acceptors (Lipinski definition) is 4. The van der Waals surface area contributed by atoms with Gasteiger partial charge in [0, 0.05) is 31.9 Å². The van der Waals surface area contributed by atoms with E-state index in [2.05, 4.69) is 47.8 Å². The van der Waals surface area contributed by atoms with Crippen LogP contribution >= 0.6 is 0 Å². The van der Waals surface area contributed by atoms with Gasteiger partial charge in [0.15, 0.2) is 0 Å². The van der Waals surface area contributed by atoms with Crippen LogP contribution in [0, 0.1) is 0 Å². The molecule has 116 valence electrons. The Labute approximate surface area is 128 Å². The second-order valence-electron chi connectivity index (χ2n) is 6.89. The summed E-state index contributed by atoms with van der Waals surface area (Å²) in [6, 6.07) is 4.38. The summed E-state index contributed by atoms with van der Waals surface area (Å²) < 4.78 is 6.19. The summed E-state index contributed by atoms with van der Waals surface area (Å²) in [6.07, 6.45) is 4.39. The quantitative estimate of drug-likeness (QED) is 0.836. The number of likely N-dealkylation sites (N-methyl/N-ethyl adjacent to an activating group) is 1. The van der Waals surface area contributed by atoms with E-state index in [-0.39, 0.29) is 5.60 Å². The summed E-state index contributed by atoms with van der Waals surface area (Å²) in [5.74, 6) is 0.488. The first-order valence-electron chi connectivity index (χ1n) is 8.11. The minimum Gasteiger partial charge on any atom is -0.370 e. The van der Waals surface area contributed by atoms with E-state index >= 15 is 0 Å². The van der Waals surface area contributed by atoms with Crippen LogP contribution in [-0.4, -0.2) is 55.3 Å². The average molecular weight is 289 g/mol. The Kier molecular flexibility index (Phi) is 4.18. The molecule has 21 heavy (non-hydrogen) atoms. The zero-order chi connectivity index (χ0) is 14.9. The summed E-state index contributed by atoms with van der Waals surface area (Å²) in [7, 11) is 2.20. The molecule has 1 atom stereocenters. The molecule has 0 N–H and O–H groups in total. The Balaban J connectivity index is 1.73. The van der Waals surface area contributed by atoms with Gasteiger partial charge in [0.25, 0.3) is 0 Å². The van der Waals surface area contributed by atoms with Gasteiger partial charge in [-0.15, -0.1) is 0 Å². The first kappa shape index (κ1) is 14.8. The highest BCUT2D eigenvalue weighted by Crippen LogP contribution is 2.31. The molecule has 3 rings (SSSR count). The first-order chi connectivity index (χ1) is 10.1. The molecular formula is C17H27N3O. The van der Waals surface area contributed by atoms with Gasteiger partial charge in [0.1, 0.15) is 0 Å². The highest BCUT2D eigenvalue weighted by atomic mass is 16.5. The van der Waals surface area contributed by atoms with Crippen molar-refractivity contribution in [2.45, 2.75) is 38.2 Å². The fourth-order valence-electron chi connectivity index (χ4n) is 3.53. The van der Waals surface area contributed by atoms with Crippen molar-refractivity contribution in [2.24, 2.45) is 0 Å². The lowest BCUT2D eigenvalue weighted by molar-refractivity contribution is -0.108. The molecule has 0 bridgehead atoms. The second-order valence-corrected chi connectivity index (χ2v) is 6.89. The van der Waals surface area contributed by atoms with Gasteiger partial charge in [0.05, 0.1) is 24.1 Å². The van der Waals surface area contributed by atoms with Crippen molar-refractivity contribution in [3.8, 4) is 0 Å². The lowest BCUT2D eigenvalue weighted by Gasteiger charge is -2.47. The summed E-state index contributed by atoms with van der Waals surface area (Å²) in [4.78, 5) is 9.45. The molecule has 2 fully saturated rings. The molecule has 4 heteroatoms. The number of nitrogens with zero attached hydrogens (tertiary/aromatic N) is 3. The molecule has 2 saturated heterocycles. The van der Waals surface area contributed by atoms with Crippen molar-refractivity contribution in [1.82, 2.24) is 9.88 Å². The summed E-state index contributed by atoms with van der Waals surface area (Å²) in [5, 5.41) is 0. The number of rotatable bonds is 2. The van der Waals surface area contributed by atoms with Gasteiger partial charge in [-0.2, -0.15) is 0 Å². The van der Waals surface area contributed by atoms with Crippen molar-refractivity contribution in [3.63, 3.8) is 0 Å². The van der Waals surface area contributed by atoms with Crippen LogP contribution in [0.4, 0.5) is 5.69 Å². The van der Waals surface area contributed by atoms with Crippen LogP contribution in [-0.2, 0) is 4.74 Å². The number of pyridine rings is 1. The van der Waals surface area contributed by atoms with Crippen LogP contribution in [0.1, 0.15) is 38.3 Å². The second kappa shape index (κ2) is 5.93. The average Bonchev–Trinajstić information content (AvgIpc) is 2.47. The SMILES string of the molecule is CC(C)c1ccc(N2CCC[C@@]3(CN(C)CCO3)C2)cn1. The third-order valence-electron chi connectivity index (χ3n) is 4.71. The molecule has 2 aliphatic rings. The smallest absolute Gasteiger partial charge is 0.0983 e. The van der Waals surface area contributed by atoms with E-state index in [1.54, 1.807) is 0 Å². The zero-order valence-electron chi connectivity index (χ0n) is 13.5. The molecule has 3 heterocycles. The molecule has 0 unspecified atom stereocenters. The van der Waals surface area contributed by atoms with Gasteiger partial charge in [-0.05, 0) is 37.9 Å². The van der Waals surface area contributed by atoms with E-state index in [1.807, 2.05) is 6.20 Å². The molecule has 0 aromatic carbocycles. The predicted molar refractivity (Wildman–Crippen MR) is 86.0 cm³/mol. The fraction of sp³-hybridized carbons (Fsp3) is 0.706. The molecule has 1 aromatic heterocycles. The van der Waals surface area contributed by atoms with Crippen LogP contribution in [0.25, 0.3) is 0 Å². The topological polar surface area (TPSA) is 28.6 Å². The molecule has 0 radical (unpaired) electrons. The minimum atomic E-state index is 0.0158. The molecule has 1 aromatic rings. The Bertz CT molecular complexity index is 469. The van der Waals surface area contributed by atoms with E-state index in [4.69, 9.17) is 4.74 Å². The number of aromatic nitrogens is 1. The molecule has 1 spiro atoms. The van der Waals surface area contributed by atoms with E-state index in [1.165, 1.54) is 24.2 Å². The van der Waals surface area contributed by atoms with E-state index in [0.717, 1.165) is 32.8 Å². The maximum atomic E-state index is 6.19. The third-order valence-corrected chi connectivity index (χ3v) is 4.71. The Morgan fingerprint density at radius 3 is 2.76 bits per heavy atom. The highest BCUT2D eigenvalue weighted by Gasteiger charge is 2.39. The Morgan fingerprint density at radius 2 is 2.10 bits per heavy atom. The molecular weight excluding hydrogens is 262 g/mol. The van der Waals surface area contributed by atoms with Crippen LogP contribution in [0.3, 0.4) is 0 Å². The van der Waals surface area contributed by atoms with E-state index < -0.39 is 0 Å². The number of morpholine rings is 1. The van der Waals surface area contributed by atoms with Gasteiger partial charge >= 0.3 is 0 Å². The minimum absolute atomic E-state index is 0.0158. The number of ether oxygens (including phenoxy) is 1. The first-order valence-corrected chi connectivity index (χ1v) is 8.11. The number of hydrogen-bond donors (Lipinski definition) is 0. The van der Waals surface area contributed by atoms with Crippen molar-refractivity contribution >= 4 is 5.69 Å². The largest absolute Gasteiger partial charge is 0.370 e. The van der Waals surface area contributed by atoms with Crippen molar-refractivity contribution in [3.05, 3.63) is 24.0 Å². The fourth-order valence-corrected chi connectivity index (χ4v) is 3.53. The van der Waals surface area contributed by atoms with E-state index in [0.29, 0.717) is 5.92 Å². The number of piperidine rings is 1. The zero-order valence-corrected chi connectivity index (χ0v) is 13.5. The van der Waals surface area contributed by atoms with Crippen LogP contribution in [0.2, 0.25) is 0 Å². The van der Waals surface area contributed by atoms with Crippen LogP contribution < -0.4 is 4.90 Å². The Morgan fingerprint density at radius 1 is 1.24 bits per heavy atom. The lowest BCUT2D eigenvalue weighted by Crippen LogP contribution is -2.59. The van der Waals surface area contributed by atoms with Gasteiger partial charge in [0.2, 0.25) is 0 Å². The maximum absolute atomic E-state index is 6.19. The van der Waals surface area contributed by atoms with Gasteiger partial charge < -0.3 is 14.5 Å². The standard InChI is InChI=1S/C17H27N3O/c1-14(2)16-6-5-15(11-18-16)20-8-4-7-17(13-20)12-19(3)9-10-21-17/h5-6,11,14H,4,7-10,12-13H2,1-3H3/t17-/m1/s1. The van der Waals surface area contributed by atoms with Gasteiger partial charge in [-0.25, -0.2) is 0 Å². The van der Waals surface area contributed by atoms with Crippen LogP contribution in [0.5, 0.6) is 0 Å². The van der Waals surface area contributed by atoms with Crippen molar-refractivity contribution < 1.29 is 4.74 Å². The molecule has 0 amide bonds.